The number of carbonyl (C=O) groups is 2. The minimum Gasteiger partial charge on any atom is -0.497 e. The fourth-order valence-corrected chi connectivity index (χ4v) is 2.77. The first-order valence-electron chi connectivity index (χ1n) is 6.68. The number of rotatable bonds is 3. The molecule has 0 atom stereocenters. The molecule has 0 unspecified atom stereocenters. The number of ether oxygens (including phenoxy) is 1. The molecule has 0 heterocycles. The molecule has 2 aromatic rings. The second-order valence-corrected chi connectivity index (χ2v) is 4.92. The van der Waals surface area contributed by atoms with Crippen molar-refractivity contribution in [3.8, 4) is 5.75 Å². The van der Waals surface area contributed by atoms with Crippen LogP contribution >= 0.6 is 0 Å². The van der Waals surface area contributed by atoms with Crippen LogP contribution in [-0.2, 0) is 16.0 Å². The maximum atomic E-state index is 11.6. The van der Waals surface area contributed by atoms with Crippen molar-refractivity contribution in [2.24, 2.45) is 0 Å². The Bertz CT molecular complexity index is 757. The summed E-state index contributed by atoms with van der Waals surface area (Å²) >= 11 is 0. The summed E-state index contributed by atoms with van der Waals surface area (Å²) in [7, 11) is 1.58. The largest absolute Gasteiger partial charge is 0.497 e. The molecule has 0 N–H and O–H groups in total. The first-order valence-corrected chi connectivity index (χ1v) is 6.68. The molecule has 2 aromatic carbocycles. The van der Waals surface area contributed by atoms with E-state index in [2.05, 4.69) is 0 Å². The average molecular weight is 278 g/mol. The van der Waals surface area contributed by atoms with Gasteiger partial charge in [-0.25, -0.2) is 0 Å². The van der Waals surface area contributed by atoms with Gasteiger partial charge in [0, 0.05) is 11.1 Å². The Labute approximate surface area is 122 Å². The Balaban J connectivity index is 2.36. The van der Waals surface area contributed by atoms with Gasteiger partial charge in [0.15, 0.2) is 12.6 Å². The molecule has 0 spiro atoms. The summed E-state index contributed by atoms with van der Waals surface area (Å²) in [4.78, 5) is 23.2. The molecule has 3 heteroatoms. The van der Waals surface area contributed by atoms with Crippen molar-refractivity contribution in [2.45, 2.75) is 6.42 Å². The highest BCUT2D eigenvalue weighted by Gasteiger charge is 2.21. The van der Waals surface area contributed by atoms with Gasteiger partial charge in [0.1, 0.15) is 5.75 Å². The van der Waals surface area contributed by atoms with Gasteiger partial charge < -0.3 is 4.74 Å². The van der Waals surface area contributed by atoms with E-state index in [9.17, 15) is 9.59 Å². The van der Waals surface area contributed by atoms with Gasteiger partial charge in [-0.1, -0.05) is 30.3 Å². The van der Waals surface area contributed by atoms with Crippen molar-refractivity contribution in [3.63, 3.8) is 0 Å². The lowest BCUT2D eigenvalue weighted by Crippen LogP contribution is -1.96. The Morgan fingerprint density at radius 3 is 2.29 bits per heavy atom. The van der Waals surface area contributed by atoms with Crippen LogP contribution in [-0.4, -0.2) is 19.7 Å². The average Bonchev–Trinajstić information content (AvgIpc) is 2.67. The standard InChI is InChI=1S/C18H14O3/c1-21-14-7-6-13-8-12-4-2-3-5-15(12)17(10-19)18(11-20)16(13)9-14/h2-7,9-11H,8H2,1H3. The number of methoxy groups -OCH3 is 1. The Kier molecular flexibility index (Phi) is 3.40. The van der Waals surface area contributed by atoms with E-state index in [-0.39, 0.29) is 0 Å². The summed E-state index contributed by atoms with van der Waals surface area (Å²) in [6.45, 7) is 0. The van der Waals surface area contributed by atoms with Crippen LogP contribution in [0.5, 0.6) is 5.75 Å². The third kappa shape index (κ3) is 2.17. The topological polar surface area (TPSA) is 43.4 Å². The molecule has 104 valence electrons. The molecule has 0 radical (unpaired) electrons. The van der Waals surface area contributed by atoms with Gasteiger partial charge in [-0.15, -0.1) is 0 Å². The number of benzene rings is 2. The van der Waals surface area contributed by atoms with Crippen molar-refractivity contribution in [1.29, 1.82) is 0 Å². The van der Waals surface area contributed by atoms with Gasteiger partial charge in [0.05, 0.1) is 7.11 Å². The minimum absolute atomic E-state index is 0.420. The molecule has 0 saturated heterocycles. The number of allylic oxidation sites excluding steroid dienone is 2. The van der Waals surface area contributed by atoms with Gasteiger partial charge in [-0.05, 0) is 40.8 Å². The van der Waals surface area contributed by atoms with E-state index in [1.807, 2.05) is 42.5 Å². The maximum absolute atomic E-state index is 11.6. The summed E-state index contributed by atoms with van der Waals surface area (Å²) in [6.07, 6.45) is 2.20. The van der Waals surface area contributed by atoms with Crippen molar-refractivity contribution >= 4 is 23.7 Å². The molecule has 0 bridgehead atoms. The zero-order valence-electron chi connectivity index (χ0n) is 11.6. The monoisotopic (exact) mass is 278 g/mol. The number of hydrogen-bond donors (Lipinski definition) is 0. The maximum Gasteiger partial charge on any atom is 0.151 e. The smallest absolute Gasteiger partial charge is 0.151 e. The highest BCUT2D eigenvalue weighted by atomic mass is 16.5. The van der Waals surface area contributed by atoms with Crippen LogP contribution in [0.3, 0.4) is 0 Å². The highest BCUT2D eigenvalue weighted by molar-refractivity contribution is 6.30. The van der Waals surface area contributed by atoms with E-state index in [1.54, 1.807) is 7.11 Å². The van der Waals surface area contributed by atoms with E-state index in [1.165, 1.54) is 0 Å². The lowest BCUT2D eigenvalue weighted by atomic mass is 9.96. The van der Waals surface area contributed by atoms with Gasteiger partial charge in [-0.3, -0.25) is 9.59 Å². The first kappa shape index (κ1) is 13.3. The lowest BCUT2D eigenvalue weighted by Gasteiger charge is -2.09. The van der Waals surface area contributed by atoms with Crippen molar-refractivity contribution in [1.82, 2.24) is 0 Å². The number of fused-ring (bicyclic) bond motifs is 2. The molecule has 0 saturated carbocycles. The van der Waals surface area contributed by atoms with Gasteiger partial charge in [0.2, 0.25) is 0 Å². The third-order valence-electron chi connectivity index (χ3n) is 3.82. The van der Waals surface area contributed by atoms with Crippen molar-refractivity contribution < 1.29 is 14.3 Å². The Hall–Kier alpha value is -2.68. The van der Waals surface area contributed by atoms with Gasteiger partial charge in [-0.2, -0.15) is 0 Å². The molecule has 0 fully saturated rings. The van der Waals surface area contributed by atoms with Crippen LogP contribution < -0.4 is 4.74 Å². The summed E-state index contributed by atoms with van der Waals surface area (Å²) < 4.78 is 5.23. The molecular weight excluding hydrogens is 264 g/mol. The summed E-state index contributed by atoms with van der Waals surface area (Å²) in [5.41, 5.74) is 4.51. The van der Waals surface area contributed by atoms with Crippen LogP contribution in [0.4, 0.5) is 0 Å². The molecule has 21 heavy (non-hydrogen) atoms. The second-order valence-electron chi connectivity index (χ2n) is 4.92. The van der Waals surface area contributed by atoms with E-state index in [4.69, 9.17) is 4.74 Å². The molecule has 3 nitrogen and oxygen atoms in total. The summed E-state index contributed by atoms with van der Waals surface area (Å²) in [5.74, 6) is 0.671. The zero-order valence-corrected chi connectivity index (χ0v) is 11.6. The van der Waals surface area contributed by atoms with E-state index in [0.717, 1.165) is 34.8 Å². The number of aldehydes is 2. The van der Waals surface area contributed by atoms with Gasteiger partial charge in [0.25, 0.3) is 0 Å². The molecule has 0 aromatic heterocycles. The van der Waals surface area contributed by atoms with E-state index in [0.29, 0.717) is 23.3 Å². The third-order valence-corrected chi connectivity index (χ3v) is 3.82. The fourth-order valence-electron chi connectivity index (χ4n) is 2.77. The zero-order chi connectivity index (χ0) is 14.8. The minimum atomic E-state index is 0.420. The Morgan fingerprint density at radius 1 is 0.905 bits per heavy atom. The number of hydrogen-bond acceptors (Lipinski definition) is 3. The predicted molar refractivity (Wildman–Crippen MR) is 81.2 cm³/mol. The van der Waals surface area contributed by atoms with Crippen molar-refractivity contribution in [3.05, 3.63) is 64.7 Å². The van der Waals surface area contributed by atoms with Crippen LogP contribution in [0.15, 0.2) is 42.5 Å². The summed E-state index contributed by atoms with van der Waals surface area (Å²) in [5, 5.41) is 0. The van der Waals surface area contributed by atoms with Crippen molar-refractivity contribution in [2.75, 3.05) is 7.11 Å². The molecule has 0 aliphatic heterocycles. The lowest BCUT2D eigenvalue weighted by molar-refractivity contribution is -0.105. The predicted octanol–water partition coefficient (Wildman–Crippen LogP) is 2.91. The quantitative estimate of drug-likeness (QED) is 0.811. The van der Waals surface area contributed by atoms with E-state index >= 15 is 0 Å². The molecule has 0 amide bonds. The van der Waals surface area contributed by atoms with E-state index < -0.39 is 0 Å². The summed E-state index contributed by atoms with van der Waals surface area (Å²) in [6, 6.07) is 13.3. The molecule has 1 aliphatic carbocycles. The van der Waals surface area contributed by atoms with Crippen LogP contribution in [0.25, 0.3) is 11.1 Å². The molecular formula is C18H14O3. The Morgan fingerprint density at radius 2 is 1.57 bits per heavy atom. The first-order chi connectivity index (χ1) is 10.3. The second kappa shape index (κ2) is 5.37. The molecule has 1 aliphatic rings. The fraction of sp³-hybridized carbons (Fsp3) is 0.111. The number of carbonyl (C=O) groups excluding carboxylic acids is 2. The normalized spacial score (nSPS) is 13.0. The SMILES string of the molecule is COc1ccc2c(c1)C(C=O)=C(C=O)c1ccccc1C2. The van der Waals surface area contributed by atoms with Gasteiger partial charge >= 0.3 is 0 Å². The highest BCUT2D eigenvalue weighted by Crippen LogP contribution is 2.35. The van der Waals surface area contributed by atoms with Crippen LogP contribution in [0.2, 0.25) is 0 Å². The van der Waals surface area contributed by atoms with Crippen LogP contribution in [0.1, 0.15) is 22.3 Å². The van der Waals surface area contributed by atoms with Crippen LogP contribution in [0, 0.1) is 0 Å². The molecule has 3 rings (SSSR count).